The Labute approximate surface area is 141 Å². The van der Waals surface area contributed by atoms with Gasteiger partial charge in [-0.2, -0.15) is 5.10 Å². The Balaban J connectivity index is 1.83. The number of amides is 1. The number of nitrogens with one attached hydrogen (secondary N) is 1. The van der Waals surface area contributed by atoms with Crippen molar-refractivity contribution in [2.45, 2.75) is 12.9 Å². The predicted molar refractivity (Wildman–Crippen MR) is 85.0 cm³/mol. The van der Waals surface area contributed by atoms with Crippen molar-refractivity contribution in [1.29, 1.82) is 0 Å². The largest absolute Gasteiger partial charge is 0.573 e. The minimum atomic E-state index is -4.79. The number of alkyl halides is 3. The highest BCUT2D eigenvalue weighted by Gasteiger charge is 2.32. The second kappa shape index (κ2) is 6.46. The number of hydrogen-bond acceptors (Lipinski definition) is 3. The Morgan fingerprint density at radius 2 is 1.84 bits per heavy atom. The first-order chi connectivity index (χ1) is 11.8. The van der Waals surface area contributed by atoms with Crippen LogP contribution in [0.1, 0.15) is 16.1 Å². The number of carbonyl (C=O) groups is 1. The Hall–Kier alpha value is -3.03. The number of para-hydroxylation sites is 2. The molecular weight excluding hydrogens is 335 g/mol. The number of rotatable bonds is 4. The van der Waals surface area contributed by atoms with Gasteiger partial charge in [0, 0.05) is 24.5 Å². The lowest BCUT2D eigenvalue weighted by Gasteiger charge is -2.19. The molecule has 0 aliphatic heterocycles. The van der Waals surface area contributed by atoms with Gasteiger partial charge in [0.2, 0.25) is 0 Å². The molecular formula is C17H14F3N3O2. The Kier molecular flexibility index (Phi) is 4.35. The molecule has 1 N–H and O–H groups in total. The van der Waals surface area contributed by atoms with Gasteiger partial charge >= 0.3 is 6.36 Å². The molecule has 0 saturated carbocycles. The van der Waals surface area contributed by atoms with Gasteiger partial charge in [-0.05, 0) is 12.1 Å². The molecule has 0 fully saturated rings. The summed E-state index contributed by atoms with van der Waals surface area (Å²) in [7, 11) is 1.50. The number of aromatic amines is 1. The number of nitrogens with zero attached hydrogens (tertiary/aromatic N) is 2. The molecule has 3 rings (SSSR count). The molecule has 0 aliphatic rings. The van der Waals surface area contributed by atoms with Gasteiger partial charge < -0.3 is 9.64 Å². The van der Waals surface area contributed by atoms with E-state index in [1.807, 2.05) is 6.07 Å². The van der Waals surface area contributed by atoms with Crippen LogP contribution in [-0.2, 0) is 6.54 Å². The van der Waals surface area contributed by atoms with E-state index in [0.717, 1.165) is 0 Å². The third-order valence-corrected chi connectivity index (χ3v) is 3.63. The minimum Gasteiger partial charge on any atom is -0.405 e. The zero-order valence-corrected chi connectivity index (χ0v) is 13.2. The molecule has 0 spiro atoms. The minimum absolute atomic E-state index is 0.0493. The quantitative estimate of drug-likeness (QED) is 0.781. The number of hydrogen-bond donors (Lipinski definition) is 1. The summed E-state index contributed by atoms with van der Waals surface area (Å²) in [6.45, 7) is -0.0493. The van der Waals surface area contributed by atoms with E-state index in [2.05, 4.69) is 14.9 Å². The van der Waals surface area contributed by atoms with E-state index in [1.165, 1.54) is 30.1 Å². The SMILES string of the molecule is CN(Cc1ccccc1OC(F)(F)F)C(=O)c1n[nH]c2ccccc12. The summed E-state index contributed by atoms with van der Waals surface area (Å²) >= 11 is 0. The summed E-state index contributed by atoms with van der Waals surface area (Å²) in [6.07, 6.45) is -4.79. The fourth-order valence-electron chi connectivity index (χ4n) is 2.49. The van der Waals surface area contributed by atoms with Gasteiger partial charge in [-0.25, -0.2) is 0 Å². The Morgan fingerprint density at radius 1 is 1.16 bits per heavy atom. The van der Waals surface area contributed by atoms with Crippen LogP contribution in [0.15, 0.2) is 48.5 Å². The van der Waals surface area contributed by atoms with Gasteiger partial charge in [0.25, 0.3) is 5.91 Å². The maximum atomic E-state index is 12.6. The molecule has 130 valence electrons. The van der Waals surface area contributed by atoms with Crippen molar-refractivity contribution in [2.75, 3.05) is 7.05 Å². The molecule has 5 nitrogen and oxygen atoms in total. The molecule has 0 saturated heterocycles. The van der Waals surface area contributed by atoms with Crippen LogP contribution in [0.4, 0.5) is 13.2 Å². The third-order valence-electron chi connectivity index (χ3n) is 3.63. The topological polar surface area (TPSA) is 58.2 Å². The number of halogens is 3. The van der Waals surface area contributed by atoms with Crippen LogP contribution in [0.3, 0.4) is 0 Å². The van der Waals surface area contributed by atoms with Crippen molar-refractivity contribution >= 4 is 16.8 Å². The van der Waals surface area contributed by atoms with E-state index >= 15 is 0 Å². The molecule has 2 aromatic carbocycles. The van der Waals surface area contributed by atoms with Gasteiger partial charge in [-0.15, -0.1) is 13.2 Å². The monoisotopic (exact) mass is 349 g/mol. The lowest BCUT2D eigenvalue weighted by Crippen LogP contribution is -2.27. The number of benzene rings is 2. The fraction of sp³-hybridized carbons (Fsp3) is 0.176. The van der Waals surface area contributed by atoms with Crippen molar-refractivity contribution in [3.8, 4) is 5.75 Å². The summed E-state index contributed by atoms with van der Waals surface area (Å²) in [4.78, 5) is 13.9. The average molecular weight is 349 g/mol. The molecule has 8 heteroatoms. The van der Waals surface area contributed by atoms with Gasteiger partial charge in [0.05, 0.1) is 5.52 Å². The lowest BCUT2D eigenvalue weighted by atomic mass is 10.1. The van der Waals surface area contributed by atoms with E-state index in [1.54, 1.807) is 24.3 Å². The maximum Gasteiger partial charge on any atom is 0.573 e. The summed E-state index contributed by atoms with van der Waals surface area (Å²) in [6, 6.07) is 12.8. The molecule has 1 amide bonds. The van der Waals surface area contributed by atoms with E-state index in [9.17, 15) is 18.0 Å². The first-order valence-corrected chi connectivity index (χ1v) is 7.37. The predicted octanol–water partition coefficient (Wildman–Crippen LogP) is 3.73. The van der Waals surface area contributed by atoms with Crippen LogP contribution in [0.2, 0.25) is 0 Å². The third kappa shape index (κ3) is 3.73. The van der Waals surface area contributed by atoms with Crippen molar-refractivity contribution in [1.82, 2.24) is 15.1 Å². The summed E-state index contributed by atoms with van der Waals surface area (Å²) < 4.78 is 41.5. The Morgan fingerprint density at radius 3 is 2.60 bits per heavy atom. The summed E-state index contributed by atoms with van der Waals surface area (Å²) in [5.41, 5.74) is 1.17. The van der Waals surface area contributed by atoms with Crippen LogP contribution in [0.25, 0.3) is 10.9 Å². The summed E-state index contributed by atoms with van der Waals surface area (Å²) in [5, 5.41) is 7.42. The molecule has 3 aromatic rings. The highest BCUT2D eigenvalue weighted by molar-refractivity contribution is 6.04. The first-order valence-electron chi connectivity index (χ1n) is 7.37. The molecule has 25 heavy (non-hydrogen) atoms. The van der Waals surface area contributed by atoms with E-state index in [0.29, 0.717) is 10.9 Å². The van der Waals surface area contributed by atoms with Crippen LogP contribution in [0, 0.1) is 0 Å². The van der Waals surface area contributed by atoms with Crippen molar-refractivity contribution in [3.05, 3.63) is 59.8 Å². The zero-order chi connectivity index (χ0) is 18.0. The van der Waals surface area contributed by atoms with E-state index in [4.69, 9.17) is 0 Å². The van der Waals surface area contributed by atoms with Crippen LogP contribution < -0.4 is 4.74 Å². The number of fused-ring (bicyclic) bond motifs is 1. The first kappa shape index (κ1) is 16.8. The van der Waals surface area contributed by atoms with Gasteiger partial charge in [-0.1, -0.05) is 36.4 Å². The van der Waals surface area contributed by atoms with Gasteiger partial charge in [0.1, 0.15) is 5.75 Å². The smallest absolute Gasteiger partial charge is 0.405 e. The molecule has 0 unspecified atom stereocenters. The number of carbonyl (C=O) groups excluding carboxylic acids is 1. The highest BCUT2D eigenvalue weighted by Crippen LogP contribution is 2.27. The molecule has 0 atom stereocenters. The van der Waals surface area contributed by atoms with E-state index < -0.39 is 12.3 Å². The van der Waals surface area contributed by atoms with E-state index in [-0.39, 0.29) is 23.6 Å². The molecule has 1 heterocycles. The second-order valence-corrected chi connectivity index (χ2v) is 5.43. The number of aromatic nitrogens is 2. The standard InChI is InChI=1S/C17H14F3N3O2/c1-23(10-11-6-2-5-9-14(11)25-17(18,19)20)16(24)15-12-7-3-4-8-13(12)21-22-15/h2-9H,10H2,1H3,(H,21,22). The van der Waals surface area contributed by atoms with Crippen molar-refractivity contribution in [2.24, 2.45) is 0 Å². The molecule has 0 bridgehead atoms. The van der Waals surface area contributed by atoms with Crippen LogP contribution in [0.5, 0.6) is 5.75 Å². The van der Waals surface area contributed by atoms with Crippen LogP contribution >= 0.6 is 0 Å². The zero-order valence-electron chi connectivity index (χ0n) is 13.2. The fourth-order valence-corrected chi connectivity index (χ4v) is 2.49. The van der Waals surface area contributed by atoms with Gasteiger partial charge in [-0.3, -0.25) is 9.89 Å². The molecule has 0 radical (unpaired) electrons. The normalized spacial score (nSPS) is 11.5. The van der Waals surface area contributed by atoms with Crippen LogP contribution in [-0.4, -0.2) is 34.4 Å². The number of ether oxygens (including phenoxy) is 1. The van der Waals surface area contributed by atoms with Crippen molar-refractivity contribution < 1.29 is 22.7 Å². The van der Waals surface area contributed by atoms with Gasteiger partial charge in [0.15, 0.2) is 5.69 Å². The second-order valence-electron chi connectivity index (χ2n) is 5.43. The lowest BCUT2D eigenvalue weighted by molar-refractivity contribution is -0.274. The molecule has 1 aromatic heterocycles. The highest BCUT2D eigenvalue weighted by atomic mass is 19.4. The Bertz CT molecular complexity index is 905. The molecule has 0 aliphatic carbocycles. The summed E-state index contributed by atoms with van der Waals surface area (Å²) in [5.74, 6) is -0.735. The van der Waals surface area contributed by atoms with Crippen molar-refractivity contribution in [3.63, 3.8) is 0 Å². The average Bonchev–Trinajstić information content (AvgIpc) is 2.98. The number of H-pyrrole nitrogens is 1. The maximum absolute atomic E-state index is 12.6.